The number of hydrogen-bond acceptors (Lipinski definition) is 3. The van der Waals surface area contributed by atoms with Gasteiger partial charge < -0.3 is 4.74 Å². The summed E-state index contributed by atoms with van der Waals surface area (Å²) in [6.07, 6.45) is 7.19. The van der Waals surface area contributed by atoms with Crippen LogP contribution in [0.5, 0.6) is 0 Å². The Balaban J connectivity index is 1.70. The molecule has 1 heterocycles. The molecule has 23 heavy (non-hydrogen) atoms. The van der Waals surface area contributed by atoms with E-state index in [4.69, 9.17) is 4.74 Å². The fourth-order valence-electron chi connectivity index (χ4n) is 3.60. The summed E-state index contributed by atoms with van der Waals surface area (Å²) in [4.78, 5) is 15.0. The number of allylic oxidation sites excluding steroid dienone is 1. The van der Waals surface area contributed by atoms with Gasteiger partial charge in [0.1, 0.15) is 0 Å². The van der Waals surface area contributed by atoms with Crippen molar-refractivity contribution < 1.29 is 9.53 Å². The van der Waals surface area contributed by atoms with Crippen LogP contribution in [0.4, 0.5) is 0 Å². The van der Waals surface area contributed by atoms with Crippen molar-refractivity contribution in [3.8, 4) is 0 Å². The Kier molecular flexibility index (Phi) is 6.00. The number of morpholine rings is 1. The maximum Gasteiger partial charge on any atom is 0.158 e. The molecule has 3 nitrogen and oxygen atoms in total. The van der Waals surface area contributed by atoms with Gasteiger partial charge in [-0.05, 0) is 42.4 Å². The largest absolute Gasteiger partial charge is 0.379 e. The summed E-state index contributed by atoms with van der Waals surface area (Å²) < 4.78 is 5.44. The van der Waals surface area contributed by atoms with Gasteiger partial charge in [-0.2, -0.15) is 0 Å². The van der Waals surface area contributed by atoms with Crippen molar-refractivity contribution in [2.24, 2.45) is 5.92 Å². The van der Waals surface area contributed by atoms with E-state index in [1.807, 2.05) is 18.2 Å². The second-order valence-corrected chi connectivity index (χ2v) is 6.73. The van der Waals surface area contributed by atoms with E-state index in [2.05, 4.69) is 23.1 Å². The summed E-state index contributed by atoms with van der Waals surface area (Å²) in [7, 11) is 0. The average molecular weight is 313 g/mol. The predicted octanol–water partition coefficient (Wildman–Crippen LogP) is 3.55. The van der Waals surface area contributed by atoms with Gasteiger partial charge in [0, 0.05) is 26.1 Å². The van der Waals surface area contributed by atoms with Gasteiger partial charge in [0.2, 0.25) is 0 Å². The summed E-state index contributed by atoms with van der Waals surface area (Å²) in [5, 5.41) is 0. The zero-order chi connectivity index (χ0) is 15.9. The summed E-state index contributed by atoms with van der Waals surface area (Å²) >= 11 is 0. The smallest absolute Gasteiger partial charge is 0.158 e. The van der Waals surface area contributed by atoms with E-state index in [0.29, 0.717) is 18.1 Å². The molecule has 2 fully saturated rings. The summed E-state index contributed by atoms with van der Waals surface area (Å²) in [6.45, 7) is 4.85. The molecule has 1 aromatic carbocycles. The number of carbonyl (C=O) groups is 1. The third-order valence-corrected chi connectivity index (χ3v) is 4.89. The minimum Gasteiger partial charge on any atom is -0.379 e. The van der Waals surface area contributed by atoms with Gasteiger partial charge in [-0.25, -0.2) is 0 Å². The minimum atomic E-state index is 0.348. The van der Waals surface area contributed by atoms with Gasteiger partial charge in [-0.15, -0.1) is 0 Å². The Labute approximate surface area is 139 Å². The molecule has 1 atom stereocenters. The van der Waals surface area contributed by atoms with Crippen molar-refractivity contribution in [3.63, 3.8) is 0 Å². The van der Waals surface area contributed by atoms with Crippen LogP contribution in [0.25, 0.3) is 6.08 Å². The fourth-order valence-corrected chi connectivity index (χ4v) is 3.60. The van der Waals surface area contributed by atoms with Crippen molar-refractivity contribution in [2.75, 3.05) is 32.8 Å². The van der Waals surface area contributed by atoms with Crippen molar-refractivity contribution >= 4 is 11.9 Å². The Hall–Kier alpha value is -1.45. The molecule has 0 bridgehead atoms. The van der Waals surface area contributed by atoms with E-state index < -0.39 is 0 Å². The average Bonchev–Trinajstić information content (AvgIpc) is 2.58. The van der Waals surface area contributed by atoms with Crippen LogP contribution < -0.4 is 0 Å². The molecule has 0 N–H and O–H groups in total. The molecule has 0 amide bonds. The molecule has 124 valence electrons. The van der Waals surface area contributed by atoms with Crippen LogP contribution in [0.1, 0.15) is 37.7 Å². The molecule has 1 saturated heterocycles. The molecular formula is C20H27NO2. The molecular weight excluding hydrogens is 286 g/mol. The van der Waals surface area contributed by atoms with Crippen LogP contribution in [-0.2, 0) is 9.53 Å². The zero-order valence-corrected chi connectivity index (χ0v) is 13.9. The SMILES string of the molecule is O=C1CCCCC(CN2CCOCC2)C/C1=C/c1ccccc1. The molecule has 0 radical (unpaired) electrons. The first-order valence-electron chi connectivity index (χ1n) is 8.90. The number of carbonyl (C=O) groups excluding carboxylic acids is 1. The molecule has 1 aliphatic carbocycles. The third kappa shape index (κ3) is 5.02. The van der Waals surface area contributed by atoms with Gasteiger partial charge in [0.15, 0.2) is 5.78 Å². The van der Waals surface area contributed by atoms with Crippen LogP contribution in [0, 0.1) is 5.92 Å². The lowest BCUT2D eigenvalue weighted by Crippen LogP contribution is -2.39. The van der Waals surface area contributed by atoms with Gasteiger partial charge in [-0.3, -0.25) is 9.69 Å². The standard InChI is InChI=1S/C20H27NO2/c22-20-9-5-4-8-18(16-21-10-12-23-13-11-21)15-19(20)14-17-6-2-1-3-7-17/h1-3,6-7,14,18H,4-5,8-13,15-16H2/b19-14-. The van der Waals surface area contributed by atoms with Crippen molar-refractivity contribution in [3.05, 3.63) is 41.5 Å². The van der Waals surface area contributed by atoms with E-state index in [1.165, 1.54) is 12.8 Å². The van der Waals surface area contributed by atoms with Crippen molar-refractivity contribution in [1.82, 2.24) is 4.90 Å². The van der Waals surface area contributed by atoms with Crippen LogP contribution >= 0.6 is 0 Å². The summed E-state index contributed by atoms with van der Waals surface area (Å²) in [6, 6.07) is 10.2. The van der Waals surface area contributed by atoms with Gasteiger partial charge in [0.05, 0.1) is 13.2 Å². The van der Waals surface area contributed by atoms with E-state index in [-0.39, 0.29) is 0 Å². The lowest BCUT2D eigenvalue weighted by Gasteiger charge is -2.31. The van der Waals surface area contributed by atoms with Gasteiger partial charge in [-0.1, -0.05) is 36.8 Å². The maximum atomic E-state index is 12.5. The van der Waals surface area contributed by atoms with E-state index in [1.54, 1.807) is 0 Å². The fraction of sp³-hybridized carbons (Fsp3) is 0.550. The molecule has 1 saturated carbocycles. The van der Waals surface area contributed by atoms with Crippen LogP contribution in [0.15, 0.2) is 35.9 Å². The van der Waals surface area contributed by atoms with Crippen molar-refractivity contribution in [2.45, 2.75) is 32.1 Å². The highest BCUT2D eigenvalue weighted by Crippen LogP contribution is 2.27. The second kappa shape index (κ2) is 8.42. The Morgan fingerprint density at radius 1 is 1.13 bits per heavy atom. The van der Waals surface area contributed by atoms with Gasteiger partial charge in [0.25, 0.3) is 0 Å². The number of ketones is 1. The summed E-state index contributed by atoms with van der Waals surface area (Å²) in [5.74, 6) is 0.938. The highest BCUT2D eigenvalue weighted by atomic mass is 16.5. The number of nitrogens with zero attached hydrogens (tertiary/aromatic N) is 1. The first-order chi connectivity index (χ1) is 11.3. The molecule has 1 aliphatic heterocycles. The number of hydrogen-bond donors (Lipinski definition) is 0. The molecule has 2 aliphatic rings. The number of benzene rings is 1. The highest BCUT2D eigenvalue weighted by Gasteiger charge is 2.22. The number of ether oxygens (including phenoxy) is 1. The van der Waals surface area contributed by atoms with Crippen LogP contribution in [-0.4, -0.2) is 43.5 Å². The maximum absolute atomic E-state index is 12.5. The molecule has 3 rings (SSSR count). The van der Waals surface area contributed by atoms with E-state index in [9.17, 15) is 4.79 Å². The Bertz CT molecular complexity index is 532. The first kappa shape index (κ1) is 16.4. The van der Waals surface area contributed by atoms with Gasteiger partial charge >= 0.3 is 0 Å². The van der Waals surface area contributed by atoms with E-state index in [0.717, 1.165) is 56.8 Å². The lowest BCUT2D eigenvalue weighted by atomic mass is 9.86. The number of Topliss-reactive ketones (excluding diaryl/α,β-unsaturated/α-hetero) is 1. The molecule has 0 aromatic heterocycles. The minimum absolute atomic E-state index is 0.348. The Morgan fingerprint density at radius 3 is 2.70 bits per heavy atom. The normalized spacial score (nSPS) is 26.0. The zero-order valence-electron chi connectivity index (χ0n) is 13.9. The summed E-state index contributed by atoms with van der Waals surface area (Å²) in [5.41, 5.74) is 2.16. The Morgan fingerprint density at radius 2 is 1.91 bits per heavy atom. The van der Waals surface area contributed by atoms with Crippen LogP contribution in [0.3, 0.4) is 0 Å². The monoisotopic (exact) mass is 313 g/mol. The van der Waals surface area contributed by atoms with E-state index >= 15 is 0 Å². The topological polar surface area (TPSA) is 29.5 Å². The predicted molar refractivity (Wildman–Crippen MR) is 93.3 cm³/mol. The number of rotatable bonds is 3. The molecule has 1 unspecified atom stereocenters. The highest BCUT2D eigenvalue weighted by molar-refractivity contribution is 5.99. The third-order valence-electron chi connectivity index (χ3n) is 4.89. The van der Waals surface area contributed by atoms with Crippen molar-refractivity contribution in [1.29, 1.82) is 0 Å². The molecule has 3 heteroatoms. The van der Waals surface area contributed by atoms with Crippen LogP contribution in [0.2, 0.25) is 0 Å². The first-order valence-corrected chi connectivity index (χ1v) is 8.90. The molecule has 0 spiro atoms. The lowest BCUT2D eigenvalue weighted by molar-refractivity contribution is -0.116. The quantitative estimate of drug-likeness (QED) is 0.799. The second-order valence-electron chi connectivity index (χ2n) is 6.73. The molecule has 1 aromatic rings.